The number of halogens is 1. The highest BCUT2D eigenvalue weighted by atomic mass is 32.2. The fourth-order valence-corrected chi connectivity index (χ4v) is 3.78. The summed E-state index contributed by atoms with van der Waals surface area (Å²) < 4.78 is 13.7. The molecule has 0 aromatic heterocycles. The van der Waals surface area contributed by atoms with Crippen molar-refractivity contribution in [2.75, 3.05) is 16.8 Å². The summed E-state index contributed by atoms with van der Waals surface area (Å²) >= 11 is 1.89. The van der Waals surface area contributed by atoms with Crippen LogP contribution >= 0.6 is 11.8 Å². The van der Waals surface area contributed by atoms with E-state index >= 15 is 0 Å². The molecule has 2 atom stereocenters. The molecule has 0 bridgehead atoms. The van der Waals surface area contributed by atoms with E-state index in [4.69, 9.17) is 10.8 Å². The average molecular weight is 298 g/mol. The van der Waals surface area contributed by atoms with E-state index in [1.807, 2.05) is 11.8 Å². The number of nitrogen functional groups attached to an aromatic ring is 1. The van der Waals surface area contributed by atoms with Crippen LogP contribution in [0, 0.1) is 5.82 Å². The number of rotatable bonds is 5. The van der Waals surface area contributed by atoms with Gasteiger partial charge in [-0.15, -0.1) is 0 Å². The Morgan fingerprint density at radius 1 is 1.55 bits per heavy atom. The van der Waals surface area contributed by atoms with E-state index in [9.17, 15) is 9.18 Å². The third kappa shape index (κ3) is 3.17. The third-order valence-electron chi connectivity index (χ3n) is 3.54. The van der Waals surface area contributed by atoms with E-state index in [2.05, 4.69) is 12.2 Å². The Morgan fingerprint density at radius 2 is 2.30 bits per heavy atom. The van der Waals surface area contributed by atoms with Gasteiger partial charge in [-0.3, -0.25) is 0 Å². The van der Waals surface area contributed by atoms with Crippen molar-refractivity contribution in [3.8, 4) is 0 Å². The molecule has 1 aliphatic carbocycles. The van der Waals surface area contributed by atoms with Gasteiger partial charge < -0.3 is 16.2 Å². The zero-order chi connectivity index (χ0) is 14.7. The Labute approximate surface area is 121 Å². The zero-order valence-corrected chi connectivity index (χ0v) is 12.2. The number of carbonyl (C=O) groups is 1. The highest BCUT2D eigenvalue weighted by Crippen LogP contribution is 2.34. The topological polar surface area (TPSA) is 75.3 Å². The van der Waals surface area contributed by atoms with E-state index < -0.39 is 11.8 Å². The van der Waals surface area contributed by atoms with Crippen LogP contribution in [0.15, 0.2) is 12.1 Å². The maximum absolute atomic E-state index is 13.7. The van der Waals surface area contributed by atoms with Gasteiger partial charge in [0.25, 0.3) is 0 Å². The fourth-order valence-electron chi connectivity index (χ4n) is 2.58. The van der Waals surface area contributed by atoms with Crippen LogP contribution in [0.25, 0.3) is 0 Å². The maximum atomic E-state index is 13.7. The Bertz CT molecular complexity index is 510. The van der Waals surface area contributed by atoms with E-state index in [1.165, 1.54) is 12.1 Å². The first-order valence-electron chi connectivity index (χ1n) is 6.73. The number of carboxylic acid groups (broad SMARTS) is 1. The summed E-state index contributed by atoms with van der Waals surface area (Å²) in [4.78, 5) is 10.8. The number of nitrogens with two attached hydrogens (primary N) is 1. The van der Waals surface area contributed by atoms with Crippen molar-refractivity contribution in [1.82, 2.24) is 0 Å². The molecule has 2 unspecified atom stereocenters. The molecule has 1 aromatic carbocycles. The number of nitrogens with one attached hydrogen (secondary N) is 1. The lowest BCUT2D eigenvalue weighted by atomic mass is 10.1. The quantitative estimate of drug-likeness (QED) is 0.728. The molecule has 4 N–H and O–H groups in total. The van der Waals surface area contributed by atoms with Crippen LogP contribution in [0.5, 0.6) is 0 Å². The monoisotopic (exact) mass is 298 g/mol. The molecule has 0 amide bonds. The first-order chi connectivity index (χ1) is 9.52. The van der Waals surface area contributed by atoms with Gasteiger partial charge in [0, 0.05) is 11.3 Å². The van der Waals surface area contributed by atoms with Gasteiger partial charge in [0.15, 0.2) is 0 Å². The molecule has 110 valence electrons. The lowest BCUT2D eigenvalue weighted by molar-refractivity contribution is 0.0692. The predicted octanol–water partition coefficient (Wildman–Crippen LogP) is 3.19. The minimum absolute atomic E-state index is 0.261. The van der Waals surface area contributed by atoms with Crippen LogP contribution in [0.4, 0.5) is 15.8 Å². The van der Waals surface area contributed by atoms with Gasteiger partial charge in [-0.05, 0) is 30.7 Å². The summed E-state index contributed by atoms with van der Waals surface area (Å²) in [6, 6.07) is 2.62. The second-order valence-electron chi connectivity index (χ2n) is 4.90. The lowest BCUT2D eigenvalue weighted by Crippen LogP contribution is -2.26. The van der Waals surface area contributed by atoms with E-state index in [0.717, 1.165) is 25.0 Å². The molecular formula is C14H19FN2O2S. The molecule has 4 nitrogen and oxygen atoms in total. The Balaban J connectivity index is 2.17. The molecule has 0 aliphatic heterocycles. The van der Waals surface area contributed by atoms with Crippen LogP contribution < -0.4 is 11.1 Å². The minimum Gasteiger partial charge on any atom is -0.478 e. The Morgan fingerprint density at radius 3 is 2.95 bits per heavy atom. The van der Waals surface area contributed by atoms with Crippen molar-refractivity contribution in [3.05, 3.63) is 23.5 Å². The smallest absolute Gasteiger partial charge is 0.338 e. The minimum atomic E-state index is -1.30. The van der Waals surface area contributed by atoms with Crippen LogP contribution in [-0.4, -0.2) is 28.1 Å². The standard InChI is InChI=1S/C14H19FN2O2S/c1-2-20-13-5-3-4-11(13)17-12-7-9(15)8(14(18)19)6-10(12)16/h6-7,11,13,17H,2-5,16H2,1H3,(H,18,19). The van der Waals surface area contributed by atoms with E-state index in [-0.39, 0.29) is 17.3 Å². The number of carboxylic acids is 1. The number of aromatic carboxylic acids is 1. The maximum Gasteiger partial charge on any atom is 0.338 e. The molecular weight excluding hydrogens is 279 g/mol. The number of anilines is 2. The van der Waals surface area contributed by atoms with Crippen molar-refractivity contribution in [2.45, 2.75) is 37.5 Å². The van der Waals surface area contributed by atoms with Crippen LogP contribution in [0.3, 0.4) is 0 Å². The molecule has 1 aromatic rings. The number of thioether (sulfide) groups is 1. The zero-order valence-electron chi connectivity index (χ0n) is 11.4. The Kier molecular flexibility index (Phi) is 4.75. The molecule has 20 heavy (non-hydrogen) atoms. The predicted molar refractivity (Wildman–Crippen MR) is 81.0 cm³/mol. The highest BCUT2D eigenvalue weighted by molar-refractivity contribution is 7.99. The van der Waals surface area contributed by atoms with Gasteiger partial charge in [-0.25, -0.2) is 9.18 Å². The Hall–Kier alpha value is -1.43. The molecule has 1 aliphatic rings. The summed E-state index contributed by atoms with van der Waals surface area (Å²) in [5, 5.41) is 12.6. The van der Waals surface area contributed by atoms with E-state index in [1.54, 1.807) is 0 Å². The average Bonchev–Trinajstić information content (AvgIpc) is 2.81. The number of benzene rings is 1. The first-order valence-corrected chi connectivity index (χ1v) is 7.78. The van der Waals surface area contributed by atoms with Gasteiger partial charge >= 0.3 is 5.97 Å². The van der Waals surface area contributed by atoms with Gasteiger partial charge in [0.05, 0.1) is 16.9 Å². The van der Waals surface area contributed by atoms with Crippen molar-refractivity contribution in [3.63, 3.8) is 0 Å². The third-order valence-corrected chi connectivity index (χ3v) is 4.87. The van der Waals surface area contributed by atoms with Crippen molar-refractivity contribution >= 4 is 29.1 Å². The first kappa shape index (κ1) is 15.0. The normalized spacial score (nSPS) is 21.9. The summed E-state index contributed by atoms with van der Waals surface area (Å²) in [5.74, 6) is -1.02. The summed E-state index contributed by atoms with van der Waals surface area (Å²) in [6.45, 7) is 2.12. The van der Waals surface area contributed by atoms with Crippen LogP contribution in [0.1, 0.15) is 36.5 Å². The second-order valence-corrected chi connectivity index (χ2v) is 6.42. The molecule has 0 heterocycles. The second kappa shape index (κ2) is 6.35. The van der Waals surface area contributed by atoms with Gasteiger partial charge in [0.1, 0.15) is 5.82 Å². The number of hydrogen-bond donors (Lipinski definition) is 3. The van der Waals surface area contributed by atoms with Crippen molar-refractivity contribution in [1.29, 1.82) is 0 Å². The van der Waals surface area contributed by atoms with Gasteiger partial charge in [0.2, 0.25) is 0 Å². The fraction of sp³-hybridized carbons (Fsp3) is 0.500. The van der Waals surface area contributed by atoms with Crippen molar-refractivity contribution < 1.29 is 14.3 Å². The van der Waals surface area contributed by atoms with Crippen LogP contribution in [0.2, 0.25) is 0 Å². The summed E-state index contributed by atoms with van der Waals surface area (Å²) in [6.07, 6.45) is 3.32. The molecule has 2 rings (SSSR count). The molecule has 1 saturated carbocycles. The highest BCUT2D eigenvalue weighted by Gasteiger charge is 2.27. The van der Waals surface area contributed by atoms with Crippen LogP contribution in [-0.2, 0) is 0 Å². The number of hydrogen-bond acceptors (Lipinski definition) is 4. The molecule has 0 saturated heterocycles. The lowest BCUT2D eigenvalue weighted by Gasteiger charge is -2.22. The summed E-state index contributed by atoms with van der Waals surface area (Å²) in [7, 11) is 0. The summed E-state index contributed by atoms with van der Waals surface area (Å²) in [5.41, 5.74) is 6.20. The largest absolute Gasteiger partial charge is 0.478 e. The van der Waals surface area contributed by atoms with Gasteiger partial charge in [-0.2, -0.15) is 11.8 Å². The molecule has 6 heteroatoms. The van der Waals surface area contributed by atoms with Gasteiger partial charge in [-0.1, -0.05) is 13.3 Å². The van der Waals surface area contributed by atoms with Crippen molar-refractivity contribution in [2.24, 2.45) is 0 Å². The molecule has 1 fully saturated rings. The molecule has 0 radical (unpaired) electrons. The van der Waals surface area contributed by atoms with E-state index in [0.29, 0.717) is 10.9 Å². The SMILES string of the molecule is CCSC1CCCC1Nc1cc(F)c(C(=O)O)cc1N. The molecule has 0 spiro atoms.